The molecule has 18 heavy (non-hydrogen) atoms. The molecule has 4 nitrogen and oxygen atoms in total. The molecule has 0 spiro atoms. The monoisotopic (exact) mass is 260 g/mol. The fourth-order valence-corrected chi connectivity index (χ4v) is 1.71. The Morgan fingerprint density at radius 3 is 2.44 bits per heavy atom. The summed E-state index contributed by atoms with van der Waals surface area (Å²) in [6.07, 6.45) is 3.79. The van der Waals surface area contributed by atoms with Gasteiger partial charge in [-0.05, 0) is 38.1 Å². The van der Waals surface area contributed by atoms with Crippen molar-refractivity contribution in [2.75, 3.05) is 5.32 Å². The third-order valence-corrected chi connectivity index (χ3v) is 2.82. The van der Waals surface area contributed by atoms with Gasteiger partial charge in [-0.2, -0.15) is 5.10 Å². The van der Waals surface area contributed by atoms with E-state index in [2.05, 4.69) is 24.3 Å². The van der Waals surface area contributed by atoms with Crippen LogP contribution < -0.4 is 11.1 Å². The number of nitrogens with two attached hydrogens (primary N) is 1. The van der Waals surface area contributed by atoms with Crippen LogP contribution in [0.1, 0.15) is 25.5 Å². The molecule has 0 bridgehead atoms. The molecule has 0 atom stereocenters. The highest BCUT2D eigenvalue weighted by molar-refractivity contribution is 7.80. The zero-order valence-corrected chi connectivity index (χ0v) is 11.2. The van der Waals surface area contributed by atoms with Gasteiger partial charge in [0.25, 0.3) is 0 Å². The zero-order valence-electron chi connectivity index (χ0n) is 10.4. The highest BCUT2D eigenvalue weighted by atomic mass is 32.1. The Hall–Kier alpha value is -1.88. The number of benzene rings is 1. The van der Waals surface area contributed by atoms with Crippen LogP contribution in [0.15, 0.2) is 36.7 Å². The Bertz CT molecular complexity index is 542. The second-order valence-corrected chi connectivity index (χ2v) is 4.81. The van der Waals surface area contributed by atoms with Gasteiger partial charge in [-0.15, -0.1) is 0 Å². The Morgan fingerprint density at radius 1 is 1.28 bits per heavy atom. The van der Waals surface area contributed by atoms with E-state index in [9.17, 15) is 0 Å². The molecule has 5 heteroatoms. The van der Waals surface area contributed by atoms with E-state index in [1.165, 1.54) is 0 Å². The number of aromatic nitrogens is 2. The molecule has 0 saturated heterocycles. The first-order valence-corrected chi connectivity index (χ1v) is 6.18. The molecule has 0 fully saturated rings. The summed E-state index contributed by atoms with van der Waals surface area (Å²) >= 11 is 4.91. The maximum absolute atomic E-state index is 5.55. The van der Waals surface area contributed by atoms with Crippen LogP contribution in [0.4, 0.5) is 11.4 Å². The van der Waals surface area contributed by atoms with Gasteiger partial charge < -0.3 is 11.1 Å². The van der Waals surface area contributed by atoms with E-state index in [4.69, 9.17) is 18.0 Å². The average molecular weight is 260 g/mol. The Labute approximate surface area is 112 Å². The van der Waals surface area contributed by atoms with Gasteiger partial charge in [-0.3, -0.25) is 4.68 Å². The van der Waals surface area contributed by atoms with Crippen molar-refractivity contribution in [1.82, 2.24) is 9.78 Å². The van der Waals surface area contributed by atoms with E-state index in [0.29, 0.717) is 11.0 Å². The number of hydrogen-bond acceptors (Lipinski definition) is 3. The molecule has 2 aromatic rings. The average Bonchev–Trinajstić information content (AvgIpc) is 2.78. The van der Waals surface area contributed by atoms with Crippen molar-refractivity contribution in [2.24, 2.45) is 5.73 Å². The van der Waals surface area contributed by atoms with E-state index in [0.717, 1.165) is 16.9 Å². The molecule has 1 aromatic heterocycles. The Morgan fingerprint density at radius 2 is 1.94 bits per heavy atom. The van der Waals surface area contributed by atoms with Crippen molar-refractivity contribution in [3.8, 4) is 0 Å². The fourth-order valence-electron chi connectivity index (χ4n) is 1.57. The maximum Gasteiger partial charge on any atom is 0.103 e. The molecule has 0 aliphatic heterocycles. The van der Waals surface area contributed by atoms with Crippen LogP contribution in [0.2, 0.25) is 0 Å². The number of anilines is 2. The van der Waals surface area contributed by atoms with Crippen molar-refractivity contribution >= 4 is 28.6 Å². The first-order valence-electron chi connectivity index (χ1n) is 5.77. The third kappa shape index (κ3) is 2.87. The van der Waals surface area contributed by atoms with Crippen molar-refractivity contribution in [1.29, 1.82) is 0 Å². The van der Waals surface area contributed by atoms with Crippen LogP contribution in [0.3, 0.4) is 0 Å². The van der Waals surface area contributed by atoms with Gasteiger partial charge in [0.1, 0.15) is 4.99 Å². The van der Waals surface area contributed by atoms with Crippen molar-refractivity contribution in [3.63, 3.8) is 0 Å². The number of nitrogens with one attached hydrogen (secondary N) is 1. The first kappa shape index (κ1) is 12.6. The molecule has 0 aliphatic carbocycles. The topological polar surface area (TPSA) is 55.9 Å². The van der Waals surface area contributed by atoms with Crippen LogP contribution in [0.5, 0.6) is 0 Å². The zero-order chi connectivity index (χ0) is 13.1. The van der Waals surface area contributed by atoms with Crippen LogP contribution >= 0.6 is 12.2 Å². The minimum absolute atomic E-state index is 0.359. The summed E-state index contributed by atoms with van der Waals surface area (Å²) < 4.78 is 1.91. The second kappa shape index (κ2) is 5.18. The fraction of sp³-hybridized carbons (Fsp3) is 0.231. The lowest BCUT2D eigenvalue weighted by molar-refractivity contribution is 0.532. The molecule has 0 aliphatic rings. The van der Waals surface area contributed by atoms with E-state index >= 15 is 0 Å². The predicted octanol–water partition coefficient (Wildman–Crippen LogP) is 2.84. The minimum atomic E-state index is 0.359. The van der Waals surface area contributed by atoms with Gasteiger partial charge in [0, 0.05) is 23.5 Å². The summed E-state index contributed by atoms with van der Waals surface area (Å²) in [6.45, 7) is 4.18. The first-order chi connectivity index (χ1) is 8.56. The molecule has 94 valence electrons. The molecule has 0 amide bonds. The smallest absolute Gasteiger partial charge is 0.103 e. The normalized spacial score (nSPS) is 10.6. The van der Waals surface area contributed by atoms with Gasteiger partial charge in [-0.1, -0.05) is 12.2 Å². The summed E-state index contributed by atoms with van der Waals surface area (Å²) in [5.74, 6) is 0. The molecule has 1 heterocycles. The molecule has 0 unspecified atom stereocenters. The summed E-state index contributed by atoms with van der Waals surface area (Å²) in [4.78, 5) is 0.411. The Balaban J connectivity index is 2.10. The van der Waals surface area contributed by atoms with E-state index in [1.54, 1.807) is 0 Å². The lowest BCUT2D eigenvalue weighted by Crippen LogP contribution is -2.08. The lowest BCUT2D eigenvalue weighted by Gasteiger charge is -2.05. The van der Waals surface area contributed by atoms with Crippen LogP contribution in [0.25, 0.3) is 0 Å². The standard InChI is InChI=1S/C13H16N4S/c1-9(2)17-8-12(7-15-17)16-11-5-3-10(4-6-11)13(14)18/h3-9,16H,1-2H3,(H2,14,18). The van der Waals surface area contributed by atoms with Gasteiger partial charge in [0.2, 0.25) is 0 Å². The summed E-state index contributed by atoms with van der Waals surface area (Å²) in [5, 5.41) is 7.55. The summed E-state index contributed by atoms with van der Waals surface area (Å²) in [6, 6.07) is 8.05. The SMILES string of the molecule is CC(C)n1cc(Nc2ccc(C(N)=S)cc2)cn1. The molecular formula is C13H16N4S. The Kier molecular flexibility index (Phi) is 3.62. The highest BCUT2D eigenvalue weighted by Crippen LogP contribution is 2.17. The predicted molar refractivity (Wildman–Crippen MR) is 78.2 cm³/mol. The molecule has 2 rings (SSSR count). The van der Waals surface area contributed by atoms with Crippen molar-refractivity contribution < 1.29 is 0 Å². The molecule has 0 radical (unpaired) electrons. The van der Waals surface area contributed by atoms with E-state index in [-0.39, 0.29) is 0 Å². The number of nitrogens with zero attached hydrogens (tertiary/aromatic N) is 2. The number of thiocarbonyl (C=S) groups is 1. The van der Waals surface area contributed by atoms with Gasteiger partial charge in [0.15, 0.2) is 0 Å². The second-order valence-electron chi connectivity index (χ2n) is 4.37. The molecule has 1 aromatic carbocycles. The highest BCUT2D eigenvalue weighted by Gasteiger charge is 2.02. The van der Waals surface area contributed by atoms with Gasteiger partial charge >= 0.3 is 0 Å². The lowest BCUT2D eigenvalue weighted by atomic mass is 10.2. The number of rotatable bonds is 4. The van der Waals surface area contributed by atoms with E-state index < -0.39 is 0 Å². The van der Waals surface area contributed by atoms with Gasteiger partial charge in [0.05, 0.1) is 11.9 Å². The molecule has 3 N–H and O–H groups in total. The molecule has 0 saturated carbocycles. The van der Waals surface area contributed by atoms with Crippen LogP contribution in [-0.2, 0) is 0 Å². The van der Waals surface area contributed by atoms with Crippen LogP contribution in [-0.4, -0.2) is 14.8 Å². The minimum Gasteiger partial charge on any atom is -0.389 e. The van der Waals surface area contributed by atoms with Crippen molar-refractivity contribution in [3.05, 3.63) is 42.2 Å². The molecular weight excluding hydrogens is 244 g/mol. The maximum atomic E-state index is 5.55. The summed E-state index contributed by atoms with van der Waals surface area (Å²) in [7, 11) is 0. The van der Waals surface area contributed by atoms with Crippen LogP contribution in [0, 0.1) is 0 Å². The quantitative estimate of drug-likeness (QED) is 0.830. The van der Waals surface area contributed by atoms with E-state index in [1.807, 2.05) is 41.3 Å². The number of hydrogen-bond donors (Lipinski definition) is 2. The van der Waals surface area contributed by atoms with Crippen molar-refractivity contribution in [2.45, 2.75) is 19.9 Å². The third-order valence-electron chi connectivity index (χ3n) is 2.59. The largest absolute Gasteiger partial charge is 0.389 e. The summed E-state index contributed by atoms with van der Waals surface area (Å²) in [5.41, 5.74) is 8.37. The van der Waals surface area contributed by atoms with Gasteiger partial charge in [-0.25, -0.2) is 0 Å².